The fourth-order valence-corrected chi connectivity index (χ4v) is 3.39. The smallest absolute Gasteiger partial charge is 0.289 e. The molecule has 162 valence electrons. The Kier molecular flexibility index (Phi) is 5.92. The highest BCUT2D eigenvalue weighted by Gasteiger charge is 2.25. The molecular formula is C20H19ClN4O6. The van der Waals surface area contributed by atoms with E-state index in [9.17, 15) is 10.1 Å². The van der Waals surface area contributed by atoms with Gasteiger partial charge >= 0.3 is 0 Å². The molecule has 0 saturated heterocycles. The van der Waals surface area contributed by atoms with E-state index in [2.05, 4.69) is 15.3 Å². The molecule has 10 nitrogen and oxygen atoms in total. The van der Waals surface area contributed by atoms with Crippen LogP contribution in [0.4, 0.5) is 17.2 Å². The first-order valence-corrected chi connectivity index (χ1v) is 9.92. The van der Waals surface area contributed by atoms with Crippen molar-refractivity contribution in [2.75, 3.05) is 25.1 Å². The summed E-state index contributed by atoms with van der Waals surface area (Å²) in [4.78, 5) is 19.3. The van der Waals surface area contributed by atoms with Gasteiger partial charge in [-0.15, -0.1) is 0 Å². The molecule has 0 bridgehead atoms. The minimum absolute atomic E-state index is 0.0439. The Hall–Kier alpha value is -3.37. The van der Waals surface area contributed by atoms with E-state index in [0.717, 1.165) is 0 Å². The lowest BCUT2D eigenvalue weighted by molar-refractivity contribution is -0.384. The summed E-state index contributed by atoms with van der Waals surface area (Å²) in [5, 5.41) is 14.9. The lowest BCUT2D eigenvalue weighted by Gasteiger charge is -2.24. The normalized spacial score (nSPS) is 13.6. The summed E-state index contributed by atoms with van der Waals surface area (Å²) in [5.74, 6) is 1.68. The topological polar surface area (TPSA) is 118 Å². The molecule has 0 amide bonds. The van der Waals surface area contributed by atoms with Gasteiger partial charge in [0, 0.05) is 24.4 Å². The molecule has 0 radical (unpaired) electrons. The maximum absolute atomic E-state index is 11.2. The van der Waals surface area contributed by atoms with Gasteiger partial charge in [-0.2, -0.15) is 0 Å². The second-order valence-electron chi connectivity index (χ2n) is 6.54. The van der Waals surface area contributed by atoms with Crippen LogP contribution in [0.15, 0.2) is 30.6 Å². The molecule has 1 aliphatic rings. The number of anilines is 2. The SMILES string of the molecule is CCOC(C)Oc1cc2ncnc(Nc3ccc(Cl)c([N+](=O)[O-])c3)c2c2c1OCCO2. The van der Waals surface area contributed by atoms with Gasteiger partial charge in [-0.3, -0.25) is 10.1 Å². The molecule has 1 aliphatic heterocycles. The van der Waals surface area contributed by atoms with Crippen molar-refractivity contribution in [1.82, 2.24) is 9.97 Å². The van der Waals surface area contributed by atoms with E-state index < -0.39 is 11.2 Å². The zero-order valence-corrected chi connectivity index (χ0v) is 17.5. The van der Waals surface area contributed by atoms with Crippen molar-refractivity contribution in [3.05, 3.63) is 45.7 Å². The van der Waals surface area contributed by atoms with Crippen molar-refractivity contribution < 1.29 is 23.9 Å². The number of nitrogens with zero attached hydrogens (tertiary/aromatic N) is 3. The van der Waals surface area contributed by atoms with Crippen molar-refractivity contribution in [3.63, 3.8) is 0 Å². The molecule has 2 heterocycles. The average molecular weight is 447 g/mol. The fraction of sp³-hybridized carbons (Fsp3) is 0.300. The fourth-order valence-electron chi connectivity index (χ4n) is 3.21. The van der Waals surface area contributed by atoms with E-state index in [1.165, 1.54) is 18.5 Å². The first kappa shape index (κ1) is 20.9. The lowest BCUT2D eigenvalue weighted by Crippen LogP contribution is -2.20. The van der Waals surface area contributed by atoms with Crippen molar-refractivity contribution in [3.8, 4) is 17.2 Å². The Labute approximate surface area is 182 Å². The molecule has 4 rings (SSSR count). The van der Waals surface area contributed by atoms with Crippen LogP contribution in [0.1, 0.15) is 13.8 Å². The standard InChI is InChI=1S/C20H19ClN4O6/c1-3-28-11(2)31-16-9-14-17(19-18(16)29-6-7-30-19)20(23-10-22-14)24-12-4-5-13(21)15(8-12)25(26)27/h4-5,8-11H,3,6-7H2,1-2H3,(H,22,23,24). The van der Waals surface area contributed by atoms with Crippen LogP contribution in [-0.4, -0.2) is 41.0 Å². The van der Waals surface area contributed by atoms with E-state index in [4.69, 9.17) is 30.5 Å². The summed E-state index contributed by atoms with van der Waals surface area (Å²) < 4.78 is 23.0. The molecule has 0 saturated carbocycles. The quantitative estimate of drug-likeness (QED) is 0.318. The van der Waals surface area contributed by atoms with E-state index in [1.807, 2.05) is 6.92 Å². The molecule has 1 N–H and O–H groups in total. The van der Waals surface area contributed by atoms with Gasteiger partial charge in [0.15, 0.2) is 17.8 Å². The maximum atomic E-state index is 11.2. The molecule has 1 aromatic heterocycles. The Morgan fingerprint density at radius 2 is 2.03 bits per heavy atom. The van der Waals surface area contributed by atoms with Crippen molar-refractivity contribution in [1.29, 1.82) is 0 Å². The third-order valence-electron chi connectivity index (χ3n) is 4.48. The van der Waals surface area contributed by atoms with Crippen LogP contribution in [0.3, 0.4) is 0 Å². The summed E-state index contributed by atoms with van der Waals surface area (Å²) in [6.45, 7) is 4.86. The minimum atomic E-state index is -0.548. The van der Waals surface area contributed by atoms with Gasteiger partial charge in [-0.1, -0.05) is 11.6 Å². The van der Waals surface area contributed by atoms with Crippen LogP contribution in [0.2, 0.25) is 5.02 Å². The van der Waals surface area contributed by atoms with E-state index in [1.54, 1.807) is 19.1 Å². The van der Waals surface area contributed by atoms with Gasteiger partial charge < -0.3 is 24.3 Å². The molecule has 1 unspecified atom stereocenters. The molecule has 0 spiro atoms. The zero-order valence-electron chi connectivity index (χ0n) is 16.8. The number of fused-ring (bicyclic) bond motifs is 3. The summed E-state index contributed by atoms with van der Waals surface area (Å²) >= 11 is 5.91. The second-order valence-corrected chi connectivity index (χ2v) is 6.94. The maximum Gasteiger partial charge on any atom is 0.289 e. The van der Waals surface area contributed by atoms with Crippen LogP contribution in [0.5, 0.6) is 17.2 Å². The van der Waals surface area contributed by atoms with Gasteiger partial charge in [-0.05, 0) is 26.0 Å². The largest absolute Gasteiger partial charge is 0.485 e. The van der Waals surface area contributed by atoms with Crippen LogP contribution in [-0.2, 0) is 4.74 Å². The third-order valence-corrected chi connectivity index (χ3v) is 4.80. The molecule has 11 heteroatoms. The number of hydrogen-bond donors (Lipinski definition) is 1. The summed E-state index contributed by atoms with van der Waals surface area (Å²) in [5.41, 5.74) is 0.767. The Morgan fingerprint density at radius 1 is 1.26 bits per heavy atom. The van der Waals surface area contributed by atoms with Crippen LogP contribution in [0, 0.1) is 10.1 Å². The highest BCUT2D eigenvalue weighted by molar-refractivity contribution is 6.32. The molecule has 1 atom stereocenters. The van der Waals surface area contributed by atoms with Crippen LogP contribution in [0.25, 0.3) is 10.9 Å². The monoisotopic (exact) mass is 446 g/mol. The summed E-state index contributed by atoms with van der Waals surface area (Å²) in [6, 6.07) is 6.12. The van der Waals surface area contributed by atoms with Gasteiger partial charge in [0.25, 0.3) is 5.69 Å². The minimum Gasteiger partial charge on any atom is -0.485 e. The number of aromatic nitrogens is 2. The van der Waals surface area contributed by atoms with Crippen molar-refractivity contribution in [2.24, 2.45) is 0 Å². The molecular weight excluding hydrogens is 428 g/mol. The van der Waals surface area contributed by atoms with Gasteiger partial charge in [0.2, 0.25) is 5.75 Å². The first-order chi connectivity index (χ1) is 15.0. The van der Waals surface area contributed by atoms with Crippen molar-refractivity contribution in [2.45, 2.75) is 20.1 Å². The van der Waals surface area contributed by atoms with Gasteiger partial charge in [0.1, 0.15) is 30.4 Å². The first-order valence-electron chi connectivity index (χ1n) is 9.54. The van der Waals surface area contributed by atoms with Crippen LogP contribution >= 0.6 is 11.6 Å². The average Bonchev–Trinajstić information content (AvgIpc) is 2.75. The third kappa shape index (κ3) is 4.25. The number of ether oxygens (including phenoxy) is 4. The Balaban J connectivity index is 1.79. The molecule has 31 heavy (non-hydrogen) atoms. The van der Waals surface area contributed by atoms with Crippen LogP contribution < -0.4 is 19.5 Å². The van der Waals surface area contributed by atoms with E-state index in [0.29, 0.717) is 59.5 Å². The second kappa shape index (κ2) is 8.78. The highest BCUT2D eigenvalue weighted by atomic mass is 35.5. The van der Waals surface area contributed by atoms with E-state index in [-0.39, 0.29) is 10.7 Å². The van der Waals surface area contributed by atoms with Crippen molar-refractivity contribution >= 4 is 39.7 Å². The Bertz CT molecular complexity index is 1140. The summed E-state index contributed by atoms with van der Waals surface area (Å²) in [6.07, 6.45) is 0.881. The molecule has 2 aromatic carbocycles. The lowest BCUT2D eigenvalue weighted by atomic mass is 10.1. The molecule has 3 aromatic rings. The highest BCUT2D eigenvalue weighted by Crippen LogP contribution is 2.47. The zero-order chi connectivity index (χ0) is 22.0. The number of nitro groups is 1. The van der Waals surface area contributed by atoms with Gasteiger partial charge in [-0.25, -0.2) is 9.97 Å². The number of nitrogens with one attached hydrogen (secondary N) is 1. The Morgan fingerprint density at radius 3 is 2.77 bits per heavy atom. The number of hydrogen-bond acceptors (Lipinski definition) is 9. The van der Waals surface area contributed by atoms with E-state index >= 15 is 0 Å². The number of halogens is 1. The molecule has 0 fully saturated rings. The predicted molar refractivity (Wildman–Crippen MR) is 114 cm³/mol. The number of rotatable bonds is 7. The summed E-state index contributed by atoms with van der Waals surface area (Å²) in [7, 11) is 0. The van der Waals surface area contributed by atoms with Gasteiger partial charge in [0.05, 0.1) is 15.8 Å². The number of nitro benzene ring substituents is 1. The molecule has 0 aliphatic carbocycles. The number of benzene rings is 2. The predicted octanol–water partition coefficient (Wildman–Crippen LogP) is 4.47.